The molecule has 29 heavy (non-hydrogen) atoms. The van der Waals surface area contributed by atoms with Gasteiger partial charge in [0.2, 0.25) is 0 Å². The van der Waals surface area contributed by atoms with E-state index in [9.17, 15) is 70.7 Å². The molecular weight excluding hydrogens is 461 g/mol. The lowest BCUT2D eigenvalue weighted by molar-refractivity contribution is -0.425. The number of hydrogen-bond donors (Lipinski definition) is 0. The van der Waals surface area contributed by atoms with Crippen molar-refractivity contribution < 1.29 is 75.4 Å². The molecule has 0 amide bonds. The lowest BCUT2D eigenvalue weighted by Gasteiger charge is -2.41. The molecule has 0 aliphatic rings. The average Bonchev–Trinajstić information content (AvgIpc) is 2.49. The van der Waals surface area contributed by atoms with Gasteiger partial charge in [0.05, 0.1) is 7.11 Å². The average molecular weight is 468 g/mol. The molecule has 0 rings (SSSR count). The summed E-state index contributed by atoms with van der Waals surface area (Å²) in [5.41, 5.74) is -2.97. The molecule has 0 fully saturated rings. The number of hydrogen-bond acceptors (Lipinski definition) is 2. The number of carbonyl (C=O) groups excluding carboxylic acids is 1. The largest absolute Gasteiger partial charge is 0.466 e. The molecule has 172 valence electrons. The number of methoxy groups -OCH3 is 1. The Balaban J connectivity index is 6.51. The molecule has 0 bridgehead atoms. The summed E-state index contributed by atoms with van der Waals surface area (Å²) in [7, 11) is 0.195. The van der Waals surface area contributed by atoms with Crippen molar-refractivity contribution in [3.63, 3.8) is 0 Å². The third-order valence-corrected chi connectivity index (χ3v) is 3.27. The van der Waals surface area contributed by atoms with Crippen LogP contribution in [0.2, 0.25) is 0 Å². The molecular formula is C12H7F15O2. The molecule has 0 atom stereocenters. The van der Waals surface area contributed by atoms with Gasteiger partial charge in [0.1, 0.15) is 12.0 Å². The molecule has 0 N–H and O–H groups in total. The molecule has 0 unspecified atom stereocenters. The third kappa shape index (κ3) is 4.08. The first kappa shape index (κ1) is 27.2. The van der Waals surface area contributed by atoms with Crippen LogP contribution in [0.5, 0.6) is 0 Å². The van der Waals surface area contributed by atoms with E-state index in [4.69, 9.17) is 0 Å². The summed E-state index contributed by atoms with van der Waals surface area (Å²) in [6.07, 6.45) is -10.6. The van der Waals surface area contributed by atoms with Crippen molar-refractivity contribution >= 4 is 5.97 Å². The number of carbonyl (C=O) groups is 1. The van der Waals surface area contributed by atoms with Gasteiger partial charge in [0, 0.05) is 0 Å². The summed E-state index contributed by atoms with van der Waals surface area (Å²) in [5, 5.41) is 0. The van der Waals surface area contributed by atoms with Crippen molar-refractivity contribution in [1.82, 2.24) is 0 Å². The van der Waals surface area contributed by atoms with Gasteiger partial charge in [-0.3, -0.25) is 0 Å². The van der Waals surface area contributed by atoms with E-state index < -0.39 is 59.7 Å². The second-order valence-corrected chi connectivity index (χ2v) is 5.34. The Kier molecular flexibility index (Phi) is 6.69. The van der Waals surface area contributed by atoms with E-state index in [1.165, 1.54) is 0 Å². The van der Waals surface area contributed by atoms with Crippen molar-refractivity contribution in [1.29, 1.82) is 0 Å². The fourth-order valence-corrected chi connectivity index (χ4v) is 1.62. The molecule has 0 aliphatic heterocycles. The number of halogens is 15. The summed E-state index contributed by atoms with van der Waals surface area (Å²) in [4.78, 5) is 10.7. The van der Waals surface area contributed by atoms with Crippen LogP contribution in [0.1, 0.15) is 6.42 Å². The zero-order valence-electron chi connectivity index (χ0n) is 13.4. The zero-order valence-corrected chi connectivity index (χ0v) is 13.4. The monoisotopic (exact) mass is 468 g/mol. The third-order valence-electron chi connectivity index (χ3n) is 3.27. The van der Waals surface area contributed by atoms with E-state index in [0.29, 0.717) is 0 Å². The van der Waals surface area contributed by atoms with Crippen LogP contribution >= 0.6 is 0 Å². The minimum Gasteiger partial charge on any atom is -0.466 e. The Bertz CT molecular complexity index is 646. The molecule has 0 aromatic heterocycles. The van der Waals surface area contributed by atoms with Crippen LogP contribution in [0, 0.1) is 0 Å². The summed E-state index contributed by atoms with van der Waals surface area (Å²) in [6.45, 7) is 1.85. The fourth-order valence-electron chi connectivity index (χ4n) is 1.62. The molecule has 0 radical (unpaired) electrons. The highest BCUT2D eigenvalue weighted by Crippen LogP contribution is 2.61. The van der Waals surface area contributed by atoms with Gasteiger partial charge in [-0.25, -0.2) is 4.79 Å². The maximum Gasteiger partial charge on any atom is 0.395 e. The molecule has 0 aromatic carbocycles. The van der Waals surface area contributed by atoms with Crippen LogP contribution in [-0.2, 0) is 9.53 Å². The van der Waals surface area contributed by atoms with Gasteiger partial charge in [0.15, 0.2) is 0 Å². The van der Waals surface area contributed by atoms with Crippen molar-refractivity contribution in [2.75, 3.05) is 7.11 Å². The Morgan fingerprint density at radius 1 is 0.690 bits per heavy atom. The molecule has 0 heterocycles. The SMILES string of the molecule is C=C(C(=O)OC)C(F)(F)C(F)(F)C(F)(F)C(F)(F)C(F)(F)C(F)(F)CC(F)(F)F. The zero-order chi connectivity index (χ0) is 24.1. The summed E-state index contributed by atoms with van der Waals surface area (Å²) in [6, 6.07) is 0. The first-order valence-electron chi connectivity index (χ1n) is 6.46. The lowest BCUT2D eigenvalue weighted by atomic mass is 9.88. The Hall–Kier alpha value is -1.84. The van der Waals surface area contributed by atoms with Crippen LogP contribution in [0.3, 0.4) is 0 Å². The van der Waals surface area contributed by atoms with Gasteiger partial charge in [0.25, 0.3) is 0 Å². The number of alkyl halides is 15. The second kappa shape index (κ2) is 7.14. The van der Waals surface area contributed by atoms with Gasteiger partial charge >= 0.3 is 47.7 Å². The highest BCUT2D eigenvalue weighted by molar-refractivity contribution is 5.89. The maximum absolute atomic E-state index is 13.4. The number of esters is 1. The predicted octanol–water partition coefficient (Wildman–Crippen LogP) is 5.48. The van der Waals surface area contributed by atoms with Gasteiger partial charge in [-0.1, -0.05) is 6.58 Å². The predicted molar refractivity (Wildman–Crippen MR) is 61.5 cm³/mol. The number of ether oxygens (including phenoxy) is 1. The maximum atomic E-state index is 13.4. The van der Waals surface area contributed by atoms with Gasteiger partial charge in [-0.2, -0.15) is 65.9 Å². The Morgan fingerprint density at radius 2 is 1.03 bits per heavy atom. The smallest absolute Gasteiger partial charge is 0.395 e. The highest BCUT2D eigenvalue weighted by Gasteiger charge is 2.90. The lowest BCUT2D eigenvalue weighted by Crippen LogP contribution is -2.71. The first-order chi connectivity index (χ1) is 12.3. The van der Waals surface area contributed by atoms with Crippen molar-refractivity contribution in [2.24, 2.45) is 0 Å². The van der Waals surface area contributed by atoms with E-state index in [2.05, 4.69) is 4.74 Å². The van der Waals surface area contributed by atoms with Gasteiger partial charge in [-0.05, 0) is 0 Å². The Morgan fingerprint density at radius 3 is 1.34 bits per heavy atom. The van der Waals surface area contributed by atoms with Crippen LogP contribution < -0.4 is 0 Å². The standard InChI is InChI=1S/C12H7F15O2/c1-4(5(28)29-2)8(18,19)10(22,23)12(26,27)11(24,25)9(20,21)6(13,14)3-7(15,16)17/h1,3H2,2H3. The fraction of sp³-hybridized carbons (Fsp3) is 0.750. The second-order valence-electron chi connectivity index (χ2n) is 5.34. The van der Waals surface area contributed by atoms with Crippen LogP contribution in [0.15, 0.2) is 12.2 Å². The van der Waals surface area contributed by atoms with E-state index >= 15 is 0 Å². The molecule has 0 saturated heterocycles. The first-order valence-corrected chi connectivity index (χ1v) is 6.46. The van der Waals surface area contributed by atoms with Crippen molar-refractivity contribution in [3.05, 3.63) is 12.2 Å². The van der Waals surface area contributed by atoms with E-state index in [0.717, 1.165) is 0 Å². The molecule has 0 aromatic rings. The molecule has 17 heteroatoms. The van der Waals surface area contributed by atoms with Gasteiger partial charge < -0.3 is 4.74 Å². The number of rotatable bonds is 8. The molecule has 0 aliphatic carbocycles. The van der Waals surface area contributed by atoms with E-state index in [1.807, 2.05) is 6.58 Å². The van der Waals surface area contributed by atoms with E-state index in [1.54, 1.807) is 0 Å². The summed E-state index contributed by atoms with van der Waals surface area (Å²) in [5.74, 6) is -48.5. The van der Waals surface area contributed by atoms with Gasteiger partial charge in [-0.15, -0.1) is 0 Å². The van der Waals surface area contributed by atoms with Crippen LogP contribution in [-0.4, -0.2) is 54.8 Å². The van der Waals surface area contributed by atoms with E-state index in [-0.39, 0.29) is 7.11 Å². The van der Waals surface area contributed by atoms with Crippen LogP contribution in [0.25, 0.3) is 0 Å². The Labute approximate surface area is 150 Å². The van der Waals surface area contributed by atoms with Crippen molar-refractivity contribution in [3.8, 4) is 0 Å². The summed E-state index contributed by atoms with van der Waals surface area (Å²) < 4.78 is 198. The topological polar surface area (TPSA) is 26.3 Å². The molecule has 2 nitrogen and oxygen atoms in total. The molecule has 0 saturated carbocycles. The molecule has 0 spiro atoms. The quantitative estimate of drug-likeness (QED) is 0.268. The minimum absolute atomic E-state index is 0.195. The summed E-state index contributed by atoms with van der Waals surface area (Å²) >= 11 is 0. The van der Waals surface area contributed by atoms with Crippen molar-refractivity contribution in [2.45, 2.75) is 48.1 Å². The van der Waals surface area contributed by atoms with Crippen LogP contribution in [0.4, 0.5) is 65.9 Å². The minimum atomic E-state index is -8.18. The highest BCUT2D eigenvalue weighted by atomic mass is 19.4. The normalized spacial score (nSPS) is 15.3.